The van der Waals surface area contributed by atoms with Crippen LogP contribution in [0.25, 0.3) is 0 Å². The molecule has 1 unspecified atom stereocenters. The largest absolute Gasteiger partial charge is 0.327 e. The zero-order chi connectivity index (χ0) is 18.0. The normalized spacial score (nSPS) is 17.7. The van der Waals surface area contributed by atoms with Gasteiger partial charge in [-0.3, -0.25) is 9.48 Å². The molecule has 0 saturated carbocycles. The molecule has 3 heterocycles. The lowest BCUT2D eigenvalue weighted by atomic mass is 10.2. The van der Waals surface area contributed by atoms with Crippen molar-refractivity contribution in [3.63, 3.8) is 0 Å². The first kappa shape index (κ1) is 17.5. The highest BCUT2D eigenvalue weighted by atomic mass is 16.2. The van der Waals surface area contributed by atoms with E-state index in [2.05, 4.69) is 15.0 Å². The number of rotatable bonds is 5. The smallest absolute Gasteiger partial charge is 0.272 e. The van der Waals surface area contributed by atoms with Crippen LogP contribution >= 0.6 is 0 Å². The number of amides is 1. The minimum atomic E-state index is -0.0647. The van der Waals surface area contributed by atoms with E-state index in [0.717, 1.165) is 37.4 Å². The Bertz CT molecular complexity index is 739. The molecule has 0 radical (unpaired) electrons. The minimum Gasteiger partial charge on any atom is -0.327 e. The van der Waals surface area contributed by atoms with Crippen LogP contribution in [0.15, 0.2) is 24.5 Å². The standard InChI is InChI=1S/C18H26N6O/c1-13(2)24-16(8-10-20-24)18(25)23-11-5-6-15(23)17-19-9-7-14(21-17)12-22(3)4/h7-10,13,15H,5-6,11-12H2,1-4H3. The second-order valence-corrected chi connectivity index (χ2v) is 7.06. The monoisotopic (exact) mass is 342 g/mol. The van der Waals surface area contributed by atoms with Crippen LogP contribution in [0.1, 0.15) is 60.8 Å². The molecule has 0 aliphatic carbocycles. The van der Waals surface area contributed by atoms with E-state index in [1.807, 2.05) is 38.9 Å². The molecule has 2 aromatic heterocycles. The second kappa shape index (κ2) is 7.31. The Labute approximate surface area is 148 Å². The molecule has 2 aromatic rings. The number of hydrogen-bond donors (Lipinski definition) is 0. The Morgan fingerprint density at radius 3 is 2.84 bits per heavy atom. The van der Waals surface area contributed by atoms with Gasteiger partial charge < -0.3 is 9.80 Å². The molecule has 3 rings (SSSR count). The van der Waals surface area contributed by atoms with E-state index in [1.54, 1.807) is 23.1 Å². The van der Waals surface area contributed by atoms with E-state index in [4.69, 9.17) is 4.98 Å². The zero-order valence-electron chi connectivity index (χ0n) is 15.4. The van der Waals surface area contributed by atoms with Crippen LogP contribution in [0.4, 0.5) is 0 Å². The van der Waals surface area contributed by atoms with Gasteiger partial charge in [0, 0.05) is 31.5 Å². The average Bonchev–Trinajstić information content (AvgIpc) is 3.23. The Morgan fingerprint density at radius 1 is 1.32 bits per heavy atom. The van der Waals surface area contributed by atoms with Crippen molar-refractivity contribution in [3.05, 3.63) is 41.7 Å². The van der Waals surface area contributed by atoms with Gasteiger partial charge in [-0.25, -0.2) is 9.97 Å². The molecule has 1 aliphatic rings. The number of carbonyl (C=O) groups is 1. The molecule has 25 heavy (non-hydrogen) atoms. The molecule has 1 atom stereocenters. The Balaban J connectivity index is 1.85. The molecule has 1 amide bonds. The highest BCUT2D eigenvalue weighted by Crippen LogP contribution is 2.31. The van der Waals surface area contributed by atoms with Gasteiger partial charge in [-0.15, -0.1) is 0 Å². The third-order valence-electron chi connectivity index (χ3n) is 4.40. The summed E-state index contributed by atoms with van der Waals surface area (Å²) in [5.74, 6) is 0.746. The highest BCUT2D eigenvalue weighted by molar-refractivity contribution is 5.93. The van der Waals surface area contributed by atoms with Crippen molar-refractivity contribution < 1.29 is 4.79 Å². The van der Waals surface area contributed by atoms with Crippen molar-refractivity contribution in [1.82, 2.24) is 29.5 Å². The number of carbonyl (C=O) groups excluding carboxylic acids is 1. The van der Waals surface area contributed by atoms with E-state index < -0.39 is 0 Å². The molecule has 0 N–H and O–H groups in total. The zero-order valence-corrected chi connectivity index (χ0v) is 15.4. The lowest BCUT2D eigenvalue weighted by Crippen LogP contribution is -2.33. The van der Waals surface area contributed by atoms with Crippen LogP contribution in [0, 0.1) is 0 Å². The first-order chi connectivity index (χ1) is 12.0. The molecule has 0 aromatic carbocycles. The van der Waals surface area contributed by atoms with Crippen LogP contribution in [0.3, 0.4) is 0 Å². The Kier molecular flexibility index (Phi) is 5.13. The summed E-state index contributed by atoms with van der Waals surface area (Å²) in [6.45, 7) is 5.54. The predicted octanol–water partition coefficient (Wildman–Crippen LogP) is 2.29. The lowest BCUT2D eigenvalue weighted by Gasteiger charge is -2.24. The summed E-state index contributed by atoms with van der Waals surface area (Å²) >= 11 is 0. The molecule has 134 valence electrons. The highest BCUT2D eigenvalue weighted by Gasteiger charge is 2.34. The summed E-state index contributed by atoms with van der Waals surface area (Å²) in [4.78, 5) is 26.2. The van der Waals surface area contributed by atoms with Crippen LogP contribution in [-0.4, -0.2) is 56.1 Å². The number of hydrogen-bond acceptors (Lipinski definition) is 5. The van der Waals surface area contributed by atoms with Gasteiger partial charge in [0.15, 0.2) is 5.82 Å². The first-order valence-corrected chi connectivity index (χ1v) is 8.78. The molecular weight excluding hydrogens is 316 g/mol. The van der Waals surface area contributed by atoms with Crippen molar-refractivity contribution in [2.45, 2.75) is 45.3 Å². The molecule has 1 aliphatic heterocycles. The Hall–Kier alpha value is -2.28. The summed E-state index contributed by atoms with van der Waals surface area (Å²) in [6.07, 6.45) is 5.34. The molecule has 0 spiro atoms. The summed E-state index contributed by atoms with van der Waals surface area (Å²) in [5, 5.41) is 4.29. The molecule has 0 bridgehead atoms. The number of likely N-dealkylation sites (tertiary alicyclic amines) is 1. The van der Waals surface area contributed by atoms with Crippen LogP contribution < -0.4 is 0 Å². The minimum absolute atomic E-state index is 0.00955. The van der Waals surface area contributed by atoms with Crippen LogP contribution in [-0.2, 0) is 6.54 Å². The van der Waals surface area contributed by atoms with Gasteiger partial charge in [-0.05, 0) is 52.9 Å². The average molecular weight is 342 g/mol. The van der Waals surface area contributed by atoms with Gasteiger partial charge in [0.2, 0.25) is 0 Å². The van der Waals surface area contributed by atoms with Gasteiger partial charge in [-0.1, -0.05) is 0 Å². The maximum Gasteiger partial charge on any atom is 0.272 e. The maximum absolute atomic E-state index is 13.1. The molecule has 7 nitrogen and oxygen atoms in total. The third kappa shape index (κ3) is 3.71. The van der Waals surface area contributed by atoms with Gasteiger partial charge in [-0.2, -0.15) is 5.10 Å². The van der Waals surface area contributed by atoms with E-state index in [1.165, 1.54) is 0 Å². The van der Waals surface area contributed by atoms with Crippen molar-refractivity contribution in [2.75, 3.05) is 20.6 Å². The second-order valence-electron chi connectivity index (χ2n) is 7.06. The van der Waals surface area contributed by atoms with Crippen LogP contribution in [0.5, 0.6) is 0 Å². The fourth-order valence-electron chi connectivity index (χ4n) is 3.31. The fourth-order valence-corrected chi connectivity index (χ4v) is 3.31. The quantitative estimate of drug-likeness (QED) is 0.834. The first-order valence-electron chi connectivity index (χ1n) is 8.78. The lowest BCUT2D eigenvalue weighted by molar-refractivity contribution is 0.0714. The van der Waals surface area contributed by atoms with Crippen molar-refractivity contribution >= 4 is 5.91 Å². The summed E-state index contributed by atoms with van der Waals surface area (Å²) in [6, 6.07) is 3.80. The Morgan fingerprint density at radius 2 is 2.12 bits per heavy atom. The van der Waals surface area contributed by atoms with Crippen molar-refractivity contribution in [3.8, 4) is 0 Å². The third-order valence-corrected chi connectivity index (χ3v) is 4.40. The van der Waals surface area contributed by atoms with Gasteiger partial charge >= 0.3 is 0 Å². The summed E-state index contributed by atoms with van der Waals surface area (Å²) < 4.78 is 1.78. The van der Waals surface area contributed by atoms with E-state index >= 15 is 0 Å². The summed E-state index contributed by atoms with van der Waals surface area (Å²) in [5.41, 5.74) is 1.60. The van der Waals surface area contributed by atoms with E-state index in [9.17, 15) is 4.79 Å². The van der Waals surface area contributed by atoms with E-state index in [-0.39, 0.29) is 18.0 Å². The SMILES string of the molecule is CC(C)n1nccc1C(=O)N1CCCC1c1nccc(CN(C)C)n1. The molecule has 1 saturated heterocycles. The number of nitrogens with zero attached hydrogens (tertiary/aromatic N) is 6. The summed E-state index contributed by atoms with van der Waals surface area (Å²) in [7, 11) is 4.03. The molecular formula is C18H26N6O. The van der Waals surface area contributed by atoms with Gasteiger partial charge in [0.05, 0.1) is 11.7 Å². The predicted molar refractivity (Wildman–Crippen MR) is 95.0 cm³/mol. The van der Waals surface area contributed by atoms with Crippen molar-refractivity contribution in [1.29, 1.82) is 0 Å². The van der Waals surface area contributed by atoms with E-state index in [0.29, 0.717) is 5.69 Å². The number of aromatic nitrogens is 4. The topological polar surface area (TPSA) is 67.2 Å². The van der Waals surface area contributed by atoms with Gasteiger partial charge in [0.25, 0.3) is 5.91 Å². The molecule has 7 heteroatoms. The fraction of sp³-hybridized carbons (Fsp3) is 0.556. The van der Waals surface area contributed by atoms with Gasteiger partial charge in [0.1, 0.15) is 5.69 Å². The molecule has 1 fully saturated rings. The van der Waals surface area contributed by atoms with Crippen molar-refractivity contribution in [2.24, 2.45) is 0 Å². The maximum atomic E-state index is 13.1. The van der Waals surface area contributed by atoms with Crippen LogP contribution in [0.2, 0.25) is 0 Å².